The molecule has 94 valence electrons. The zero-order valence-electron chi connectivity index (χ0n) is 11.1. The van der Waals surface area contributed by atoms with Crippen LogP contribution in [0.4, 0.5) is 0 Å². The minimum absolute atomic E-state index is 0.792. The molecule has 0 radical (unpaired) electrons. The molecule has 1 N–H and O–H groups in total. The van der Waals surface area contributed by atoms with Crippen LogP contribution in [0.25, 0.3) is 0 Å². The van der Waals surface area contributed by atoms with Crippen molar-refractivity contribution in [1.29, 1.82) is 0 Å². The minimum Gasteiger partial charge on any atom is -0.313 e. The first-order valence-corrected chi connectivity index (χ1v) is 6.81. The average Bonchev–Trinajstić information content (AvgIpc) is 2.54. The van der Waals surface area contributed by atoms with Crippen molar-refractivity contribution < 1.29 is 0 Å². The second kappa shape index (κ2) is 7.86. The van der Waals surface area contributed by atoms with Gasteiger partial charge in [-0.1, -0.05) is 39.2 Å². The molecule has 0 bridgehead atoms. The molecule has 0 aliphatic heterocycles. The Bertz CT molecular complexity index is 193. The molecule has 0 atom stereocenters. The van der Waals surface area contributed by atoms with Crippen LogP contribution in [0, 0.1) is 0 Å². The summed E-state index contributed by atoms with van der Waals surface area (Å²) < 4.78 is 0. The Kier molecular flexibility index (Phi) is 6.74. The molecule has 1 aliphatic rings. The Balaban J connectivity index is 2.26. The van der Waals surface area contributed by atoms with Gasteiger partial charge in [0, 0.05) is 19.1 Å². The summed E-state index contributed by atoms with van der Waals surface area (Å²) in [6.45, 7) is 9.34. The van der Waals surface area contributed by atoms with E-state index in [1.807, 2.05) is 0 Å². The van der Waals surface area contributed by atoms with Gasteiger partial charge in [0.05, 0.1) is 0 Å². The number of hydrogen-bond acceptors (Lipinski definition) is 2. The SMILES string of the molecule is C=C(CNCC)CN(C)C1CCCCCC1. The molecule has 2 nitrogen and oxygen atoms in total. The zero-order chi connectivity index (χ0) is 11.8. The number of hydrogen-bond donors (Lipinski definition) is 1. The summed E-state index contributed by atoms with van der Waals surface area (Å²) in [5.74, 6) is 0. The number of nitrogens with zero attached hydrogens (tertiary/aromatic N) is 1. The molecule has 0 aromatic heterocycles. The number of nitrogens with one attached hydrogen (secondary N) is 1. The fourth-order valence-corrected chi connectivity index (χ4v) is 2.54. The van der Waals surface area contributed by atoms with Gasteiger partial charge in [0.15, 0.2) is 0 Å². The van der Waals surface area contributed by atoms with Gasteiger partial charge in [-0.3, -0.25) is 4.90 Å². The lowest BCUT2D eigenvalue weighted by Crippen LogP contribution is -2.34. The van der Waals surface area contributed by atoms with Crippen molar-refractivity contribution in [3.05, 3.63) is 12.2 Å². The molecule has 2 heteroatoms. The molecule has 0 spiro atoms. The predicted molar refractivity (Wildman–Crippen MR) is 71.8 cm³/mol. The minimum atomic E-state index is 0.792. The van der Waals surface area contributed by atoms with E-state index in [1.54, 1.807) is 0 Å². The largest absolute Gasteiger partial charge is 0.313 e. The first kappa shape index (κ1) is 13.7. The van der Waals surface area contributed by atoms with Crippen LogP contribution >= 0.6 is 0 Å². The maximum Gasteiger partial charge on any atom is 0.0202 e. The van der Waals surface area contributed by atoms with E-state index in [-0.39, 0.29) is 0 Å². The van der Waals surface area contributed by atoms with Crippen molar-refractivity contribution in [3.8, 4) is 0 Å². The number of rotatable bonds is 6. The Morgan fingerprint density at radius 1 is 1.25 bits per heavy atom. The van der Waals surface area contributed by atoms with Crippen molar-refractivity contribution in [3.63, 3.8) is 0 Å². The Morgan fingerprint density at radius 2 is 1.88 bits per heavy atom. The van der Waals surface area contributed by atoms with E-state index in [1.165, 1.54) is 44.1 Å². The van der Waals surface area contributed by atoms with Crippen LogP contribution in [0.2, 0.25) is 0 Å². The Hall–Kier alpha value is -0.340. The normalized spacial score (nSPS) is 18.7. The zero-order valence-corrected chi connectivity index (χ0v) is 11.1. The molecule has 0 aromatic carbocycles. The van der Waals surface area contributed by atoms with Gasteiger partial charge in [0.1, 0.15) is 0 Å². The summed E-state index contributed by atoms with van der Waals surface area (Å²) >= 11 is 0. The van der Waals surface area contributed by atoms with Crippen LogP contribution in [0.3, 0.4) is 0 Å². The van der Waals surface area contributed by atoms with Crippen molar-refractivity contribution in [1.82, 2.24) is 10.2 Å². The Labute approximate surface area is 101 Å². The lowest BCUT2D eigenvalue weighted by atomic mass is 10.1. The highest BCUT2D eigenvalue weighted by Crippen LogP contribution is 2.21. The first-order chi connectivity index (χ1) is 7.74. The van der Waals surface area contributed by atoms with Gasteiger partial charge in [-0.15, -0.1) is 0 Å². The molecule has 16 heavy (non-hydrogen) atoms. The molecule has 1 aliphatic carbocycles. The summed E-state index contributed by atoms with van der Waals surface area (Å²) in [5, 5.41) is 3.34. The fourth-order valence-electron chi connectivity index (χ4n) is 2.54. The van der Waals surface area contributed by atoms with Crippen molar-refractivity contribution in [2.45, 2.75) is 51.5 Å². The highest BCUT2D eigenvalue weighted by atomic mass is 15.1. The summed E-state index contributed by atoms with van der Waals surface area (Å²) in [4.78, 5) is 2.50. The second-order valence-corrected chi connectivity index (χ2v) is 5.09. The highest BCUT2D eigenvalue weighted by molar-refractivity contribution is 5.00. The third kappa shape index (κ3) is 5.13. The summed E-state index contributed by atoms with van der Waals surface area (Å²) in [6, 6.07) is 0.792. The van der Waals surface area contributed by atoms with E-state index in [4.69, 9.17) is 0 Å². The van der Waals surface area contributed by atoms with Gasteiger partial charge in [-0.05, 0) is 32.0 Å². The standard InChI is InChI=1S/C14H28N2/c1-4-15-11-13(2)12-16(3)14-9-7-5-6-8-10-14/h14-15H,2,4-12H2,1,3H3. The van der Waals surface area contributed by atoms with E-state index in [9.17, 15) is 0 Å². The van der Waals surface area contributed by atoms with Crippen LogP contribution in [-0.4, -0.2) is 37.6 Å². The van der Waals surface area contributed by atoms with Gasteiger partial charge in [-0.25, -0.2) is 0 Å². The summed E-state index contributed by atoms with van der Waals surface area (Å²) in [7, 11) is 2.26. The molecule has 0 saturated heterocycles. The summed E-state index contributed by atoms with van der Waals surface area (Å²) in [6.07, 6.45) is 8.45. The van der Waals surface area contributed by atoms with E-state index in [0.717, 1.165) is 25.7 Å². The number of likely N-dealkylation sites (N-methyl/N-ethyl adjacent to an activating group) is 2. The topological polar surface area (TPSA) is 15.3 Å². The third-order valence-electron chi connectivity index (χ3n) is 3.55. The van der Waals surface area contributed by atoms with Crippen LogP contribution in [0.5, 0.6) is 0 Å². The monoisotopic (exact) mass is 224 g/mol. The molecule has 0 aromatic rings. The fraction of sp³-hybridized carbons (Fsp3) is 0.857. The van der Waals surface area contributed by atoms with Crippen molar-refractivity contribution in [2.24, 2.45) is 0 Å². The van der Waals surface area contributed by atoms with E-state index < -0.39 is 0 Å². The predicted octanol–water partition coefficient (Wildman–Crippen LogP) is 2.81. The molecule has 0 unspecified atom stereocenters. The van der Waals surface area contributed by atoms with E-state index >= 15 is 0 Å². The van der Waals surface area contributed by atoms with Gasteiger partial charge in [-0.2, -0.15) is 0 Å². The average molecular weight is 224 g/mol. The highest BCUT2D eigenvalue weighted by Gasteiger charge is 2.16. The van der Waals surface area contributed by atoms with Crippen LogP contribution in [0.15, 0.2) is 12.2 Å². The maximum atomic E-state index is 4.15. The molecule has 0 amide bonds. The Morgan fingerprint density at radius 3 is 2.44 bits per heavy atom. The molecular formula is C14H28N2. The first-order valence-electron chi connectivity index (χ1n) is 6.81. The van der Waals surface area contributed by atoms with Crippen LogP contribution < -0.4 is 5.32 Å². The quantitative estimate of drug-likeness (QED) is 0.551. The maximum absolute atomic E-state index is 4.15. The second-order valence-electron chi connectivity index (χ2n) is 5.09. The molecular weight excluding hydrogens is 196 g/mol. The lowest BCUT2D eigenvalue weighted by Gasteiger charge is -2.27. The van der Waals surface area contributed by atoms with Crippen LogP contribution in [-0.2, 0) is 0 Å². The van der Waals surface area contributed by atoms with Gasteiger partial charge < -0.3 is 5.32 Å². The smallest absolute Gasteiger partial charge is 0.0202 e. The molecule has 0 heterocycles. The van der Waals surface area contributed by atoms with Gasteiger partial charge in [0.2, 0.25) is 0 Å². The lowest BCUT2D eigenvalue weighted by molar-refractivity contribution is 0.237. The summed E-state index contributed by atoms with van der Waals surface area (Å²) in [5.41, 5.74) is 1.31. The van der Waals surface area contributed by atoms with Gasteiger partial charge in [0.25, 0.3) is 0 Å². The molecule has 1 saturated carbocycles. The van der Waals surface area contributed by atoms with Crippen molar-refractivity contribution in [2.75, 3.05) is 26.7 Å². The van der Waals surface area contributed by atoms with E-state index in [2.05, 4.69) is 30.8 Å². The van der Waals surface area contributed by atoms with Gasteiger partial charge >= 0.3 is 0 Å². The molecule has 1 rings (SSSR count). The van der Waals surface area contributed by atoms with Crippen molar-refractivity contribution >= 4 is 0 Å². The molecule has 1 fully saturated rings. The van der Waals surface area contributed by atoms with Crippen LogP contribution in [0.1, 0.15) is 45.4 Å². The third-order valence-corrected chi connectivity index (χ3v) is 3.55. The van der Waals surface area contributed by atoms with E-state index in [0.29, 0.717) is 0 Å².